The second-order valence-electron chi connectivity index (χ2n) is 6.55. The summed E-state index contributed by atoms with van der Waals surface area (Å²) in [6, 6.07) is 0. The molecular weight excluding hydrogens is 272 g/mol. The summed E-state index contributed by atoms with van der Waals surface area (Å²) in [5, 5.41) is 6.93. The average Bonchev–Trinajstić information content (AvgIpc) is 3.01. The van der Waals surface area contributed by atoms with Gasteiger partial charge in [-0.1, -0.05) is 52.4 Å². The zero-order valence-corrected chi connectivity index (χ0v) is 15.2. The van der Waals surface area contributed by atoms with Crippen molar-refractivity contribution in [1.29, 1.82) is 0 Å². The fourth-order valence-corrected chi connectivity index (χ4v) is 3.12. The molecule has 1 aliphatic heterocycles. The van der Waals surface area contributed by atoms with Gasteiger partial charge in [-0.2, -0.15) is 0 Å². The van der Waals surface area contributed by atoms with Crippen LogP contribution >= 0.6 is 0 Å². The van der Waals surface area contributed by atoms with Crippen LogP contribution in [-0.4, -0.2) is 50.6 Å². The van der Waals surface area contributed by atoms with E-state index >= 15 is 0 Å². The predicted octanol–water partition coefficient (Wildman–Crippen LogP) is 3.24. The molecule has 0 aliphatic carbocycles. The van der Waals surface area contributed by atoms with E-state index in [0.717, 1.165) is 25.0 Å². The Hall–Kier alpha value is -0.770. The lowest BCUT2D eigenvalue weighted by Gasteiger charge is -2.16. The number of nitrogens with zero attached hydrogens (tertiary/aromatic N) is 2. The molecule has 22 heavy (non-hydrogen) atoms. The summed E-state index contributed by atoms with van der Waals surface area (Å²) >= 11 is 0. The number of hydrogen-bond donors (Lipinski definition) is 2. The first-order chi connectivity index (χ1) is 10.8. The first-order valence-corrected chi connectivity index (χ1v) is 9.47. The van der Waals surface area contributed by atoms with E-state index in [2.05, 4.69) is 34.4 Å². The average molecular weight is 311 g/mol. The molecule has 1 rings (SSSR count). The van der Waals surface area contributed by atoms with Crippen molar-refractivity contribution in [1.82, 2.24) is 15.5 Å². The molecule has 130 valence electrons. The quantitative estimate of drug-likeness (QED) is 0.350. The van der Waals surface area contributed by atoms with Gasteiger partial charge in [0.15, 0.2) is 5.96 Å². The lowest BCUT2D eigenvalue weighted by molar-refractivity contribution is 0.342. The van der Waals surface area contributed by atoms with Gasteiger partial charge in [-0.05, 0) is 31.8 Å². The Bertz CT molecular complexity index is 291. The fourth-order valence-electron chi connectivity index (χ4n) is 3.12. The minimum Gasteiger partial charge on any atom is -0.356 e. The van der Waals surface area contributed by atoms with Crippen molar-refractivity contribution in [2.75, 3.05) is 39.8 Å². The van der Waals surface area contributed by atoms with Gasteiger partial charge in [0, 0.05) is 26.7 Å². The van der Waals surface area contributed by atoms with Crippen LogP contribution in [0.5, 0.6) is 0 Å². The molecule has 0 saturated carbocycles. The third-order valence-electron chi connectivity index (χ3n) is 4.67. The van der Waals surface area contributed by atoms with Gasteiger partial charge in [-0.3, -0.25) is 4.99 Å². The van der Waals surface area contributed by atoms with Crippen molar-refractivity contribution < 1.29 is 0 Å². The maximum atomic E-state index is 4.33. The minimum absolute atomic E-state index is 0.775. The highest BCUT2D eigenvalue weighted by Gasteiger charge is 2.20. The zero-order chi connectivity index (χ0) is 16.0. The van der Waals surface area contributed by atoms with Crippen molar-refractivity contribution >= 4 is 5.96 Å². The summed E-state index contributed by atoms with van der Waals surface area (Å²) in [5.74, 6) is 1.75. The van der Waals surface area contributed by atoms with Crippen LogP contribution in [0.25, 0.3) is 0 Å². The fraction of sp³-hybridized carbons (Fsp3) is 0.944. The molecular formula is C18H38N4. The molecule has 0 aromatic heterocycles. The molecule has 4 heteroatoms. The van der Waals surface area contributed by atoms with Gasteiger partial charge in [0.2, 0.25) is 0 Å². The third-order valence-corrected chi connectivity index (χ3v) is 4.67. The second kappa shape index (κ2) is 12.7. The summed E-state index contributed by atoms with van der Waals surface area (Å²) in [4.78, 5) is 6.86. The molecule has 1 unspecified atom stereocenters. The smallest absolute Gasteiger partial charge is 0.190 e. The van der Waals surface area contributed by atoms with Gasteiger partial charge in [0.25, 0.3) is 0 Å². The standard InChI is InChI=1S/C18H38N4/c1-4-6-7-8-9-10-11-13-20-18(19-3)21-15-17-12-14-22(5-2)16-17/h17H,4-16H2,1-3H3,(H2,19,20,21). The Morgan fingerprint density at radius 1 is 1.05 bits per heavy atom. The van der Waals surface area contributed by atoms with Gasteiger partial charge in [-0.25, -0.2) is 0 Å². The molecule has 4 nitrogen and oxygen atoms in total. The van der Waals surface area contributed by atoms with Crippen molar-refractivity contribution in [3.8, 4) is 0 Å². The molecule has 0 radical (unpaired) electrons. The van der Waals surface area contributed by atoms with Gasteiger partial charge in [0.05, 0.1) is 0 Å². The number of likely N-dealkylation sites (tertiary alicyclic amines) is 1. The first-order valence-electron chi connectivity index (χ1n) is 9.47. The summed E-state index contributed by atoms with van der Waals surface area (Å²) in [6.45, 7) is 10.3. The van der Waals surface area contributed by atoms with E-state index < -0.39 is 0 Å². The maximum absolute atomic E-state index is 4.33. The number of nitrogens with one attached hydrogen (secondary N) is 2. The van der Waals surface area contributed by atoms with E-state index in [9.17, 15) is 0 Å². The van der Waals surface area contributed by atoms with Crippen molar-refractivity contribution in [2.45, 2.75) is 65.2 Å². The monoisotopic (exact) mass is 310 g/mol. The summed E-state index contributed by atoms with van der Waals surface area (Å²) < 4.78 is 0. The topological polar surface area (TPSA) is 39.7 Å². The molecule has 1 aliphatic rings. The third kappa shape index (κ3) is 8.62. The minimum atomic E-state index is 0.775. The van der Waals surface area contributed by atoms with Gasteiger partial charge in [0.1, 0.15) is 0 Å². The van der Waals surface area contributed by atoms with Crippen molar-refractivity contribution in [3.05, 3.63) is 0 Å². The van der Waals surface area contributed by atoms with Crippen LogP contribution in [0.1, 0.15) is 65.2 Å². The van der Waals surface area contributed by atoms with Crippen LogP contribution < -0.4 is 10.6 Å². The number of aliphatic imine (C=N–C) groups is 1. The van der Waals surface area contributed by atoms with Crippen LogP contribution in [0.3, 0.4) is 0 Å². The van der Waals surface area contributed by atoms with Crippen molar-refractivity contribution in [2.24, 2.45) is 10.9 Å². The molecule has 0 amide bonds. The lowest BCUT2D eigenvalue weighted by atomic mass is 10.1. The highest BCUT2D eigenvalue weighted by molar-refractivity contribution is 5.79. The summed E-state index contributed by atoms with van der Waals surface area (Å²) in [5.41, 5.74) is 0. The van der Waals surface area contributed by atoms with E-state index in [1.807, 2.05) is 7.05 Å². The van der Waals surface area contributed by atoms with Crippen LogP contribution in [0.15, 0.2) is 4.99 Å². The predicted molar refractivity (Wildman–Crippen MR) is 97.6 cm³/mol. The van der Waals surface area contributed by atoms with Crippen LogP contribution in [-0.2, 0) is 0 Å². The van der Waals surface area contributed by atoms with E-state index in [4.69, 9.17) is 0 Å². The number of hydrogen-bond acceptors (Lipinski definition) is 2. The second-order valence-corrected chi connectivity index (χ2v) is 6.55. The van der Waals surface area contributed by atoms with Gasteiger partial charge >= 0.3 is 0 Å². The number of unbranched alkanes of at least 4 members (excludes halogenated alkanes) is 6. The van der Waals surface area contributed by atoms with Crippen LogP contribution in [0.2, 0.25) is 0 Å². The largest absolute Gasteiger partial charge is 0.356 e. The first kappa shape index (κ1) is 19.3. The Balaban J connectivity index is 1.99. The SMILES string of the molecule is CCCCCCCCCNC(=NC)NCC1CCN(CC)C1. The number of guanidine groups is 1. The highest BCUT2D eigenvalue weighted by Crippen LogP contribution is 2.14. The van der Waals surface area contributed by atoms with E-state index in [1.54, 1.807) is 0 Å². The zero-order valence-electron chi connectivity index (χ0n) is 15.2. The molecule has 1 fully saturated rings. The van der Waals surface area contributed by atoms with E-state index in [0.29, 0.717) is 0 Å². The lowest BCUT2D eigenvalue weighted by Crippen LogP contribution is -2.40. The molecule has 1 saturated heterocycles. The number of rotatable bonds is 11. The Morgan fingerprint density at radius 2 is 1.77 bits per heavy atom. The molecule has 0 bridgehead atoms. The normalized spacial score (nSPS) is 19.6. The Labute approximate surface area is 138 Å². The molecule has 0 aromatic rings. The molecule has 1 atom stereocenters. The van der Waals surface area contributed by atoms with E-state index in [-0.39, 0.29) is 0 Å². The van der Waals surface area contributed by atoms with Gasteiger partial charge < -0.3 is 15.5 Å². The van der Waals surface area contributed by atoms with Gasteiger partial charge in [-0.15, -0.1) is 0 Å². The molecule has 2 N–H and O–H groups in total. The molecule has 0 aromatic carbocycles. The summed E-state index contributed by atoms with van der Waals surface area (Å²) in [6.07, 6.45) is 10.8. The maximum Gasteiger partial charge on any atom is 0.190 e. The van der Waals surface area contributed by atoms with Crippen LogP contribution in [0.4, 0.5) is 0 Å². The van der Waals surface area contributed by atoms with E-state index in [1.165, 1.54) is 71.0 Å². The highest BCUT2D eigenvalue weighted by atomic mass is 15.2. The van der Waals surface area contributed by atoms with Crippen LogP contribution in [0, 0.1) is 5.92 Å². The molecule has 1 heterocycles. The van der Waals surface area contributed by atoms with Crippen molar-refractivity contribution in [3.63, 3.8) is 0 Å². The Kier molecular flexibility index (Phi) is 11.2. The summed E-state index contributed by atoms with van der Waals surface area (Å²) in [7, 11) is 1.87. The molecule has 0 spiro atoms. The Morgan fingerprint density at radius 3 is 2.41 bits per heavy atom.